The summed E-state index contributed by atoms with van der Waals surface area (Å²) in [7, 11) is -9.91. The number of carbonyl (C=O) groups excluding carboxylic acids is 4. The van der Waals surface area contributed by atoms with Crippen molar-refractivity contribution in [2.45, 2.75) is 425 Å². The molecule has 96 heavy (non-hydrogen) atoms. The van der Waals surface area contributed by atoms with Crippen LogP contribution < -0.4 is 0 Å². The van der Waals surface area contributed by atoms with E-state index in [1.807, 2.05) is 0 Å². The Labute approximate surface area is 588 Å². The molecule has 570 valence electrons. The van der Waals surface area contributed by atoms with Crippen molar-refractivity contribution in [2.75, 3.05) is 39.6 Å². The number of hydrogen-bond donors (Lipinski definition) is 3. The van der Waals surface area contributed by atoms with Gasteiger partial charge in [-0.3, -0.25) is 37.3 Å². The Kier molecular flexibility index (Phi) is 68.7. The van der Waals surface area contributed by atoms with Gasteiger partial charge in [0.25, 0.3) is 0 Å². The van der Waals surface area contributed by atoms with Crippen LogP contribution in [0, 0.1) is 5.92 Å². The van der Waals surface area contributed by atoms with Crippen LogP contribution >= 0.6 is 15.6 Å². The minimum Gasteiger partial charge on any atom is -0.462 e. The summed E-state index contributed by atoms with van der Waals surface area (Å²) in [6.45, 7) is 7.32. The number of rotatable bonds is 77. The Morgan fingerprint density at radius 1 is 0.281 bits per heavy atom. The van der Waals surface area contributed by atoms with Crippen molar-refractivity contribution in [3.63, 3.8) is 0 Å². The van der Waals surface area contributed by atoms with Gasteiger partial charge in [-0.05, 0) is 31.6 Å². The number of aliphatic hydroxyl groups excluding tert-OH is 1. The molecule has 0 aliphatic carbocycles. The molecule has 2 unspecified atom stereocenters. The average molecular weight is 1410 g/mol. The second-order valence-corrected chi connectivity index (χ2v) is 31.1. The zero-order chi connectivity index (χ0) is 70.5. The first-order chi connectivity index (χ1) is 46.5. The summed E-state index contributed by atoms with van der Waals surface area (Å²) in [5, 5.41) is 10.6. The number of esters is 4. The fraction of sp³-hybridized carbons (Fsp3) is 0.948. The number of hydrogen-bond acceptors (Lipinski definition) is 15. The van der Waals surface area contributed by atoms with E-state index in [0.717, 1.165) is 95.8 Å². The first-order valence-electron chi connectivity index (χ1n) is 40.1. The SMILES string of the molecule is CCCCCCCCCCCCCCCCCC(=O)OC[C@H](COP(=O)(O)OC[C@@H](O)COP(=O)(O)OC[C@@H](COC(=O)CCCCCCCCCCC)OC(=O)CCCCCCCCCCCCC)OC(=O)CCCCCCCCCCCCCCCCCCCCC(C)C. The number of phosphoric acid groups is 2. The normalized spacial score (nSPS) is 13.9. The summed E-state index contributed by atoms with van der Waals surface area (Å²) in [5.74, 6) is -1.29. The van der Waals surface area contributed by atoms with E-state index in [0.29, 0.717) is 25.7 Å². The third-order valence-corrected chi connectivity index (χ3v) is 19.9. The Hall–Kier alpha value is -1.94. The van der Waals surface area contributed by atoms with Crippen molar-refractivity contribution < 1.29 is 80.2 Å². The van der Waals surface area contributed by atoms with Crippen LogP contribution in [0.25, 0.3) is 0 Å². The lowest BCUT2D eigenvalue weighted by Crippen LogP contribution is -2.30. The van der Waals surface area contributed by atoms with Gasteiger partial charge >= 0.3 is 39.5 Å². The molecule has 0 heterocycles. The summed E-state index contributed by atoms with van der Waals surface area (Å²) >= 11 is 0. The summed E-state index contributed by atoms with van der Waals surface area (Å²) < 4.78 is 68.5. The van der Waals surface area contributed by atoms with E-state index < -0.39 is 97.5 Å². The Balaban J connectivity index is 5.19. The molecule has 0 fully saturated rings. The van der Waals surface area contributed by atoms with Gasteiger partial charge in [0.1, 0.15) is 19.3 Å². The zero-order valence-electron chi connectivity index (χ0n) is 62.5. The molecule has 0 amide bonds. The molecule has 0 bridgehead atoms. The van der Waals surface area contributed by atoms with Gasteiger partial charge in [-0.1, -0.05) is 356 Å². The molecule has 0 saturated carbocycles. The lowest BCUT2D eigenvalue weighted by Gasteiger charge is -2.21. The van der Waals surface area contributed by atoms with E-state index in [9.17, 15) is 43.2 Å². The van der Waals surface area contributed by atoms with Crippen LogP contribution in [0.5, 0.6) is 0 Å². The maximum absolute atomic E-state index is 13.1. The van der Waals surface area contributed by atoms with Gasteiger partial charge in [0, 0.05) is 25.7 Å². The summed E-state index contributed by atoms with van der Waals surface area (Å²) in [4.78, 5) is 72.7. The minimum absolute atomic E-state index is 0.107. The molecule has 3 N–H and O–H groups in total. The second-order valence-electron chi connectivity index (χ2n) is 28.2. The van der Waals surface area contributed by atoms with Crippen LogP contribution in [0.1, 0.15) is 407 Å². The first kappa shape index (κ1) is 94.1. The van der Waals surface area contributed by atoms with Crippen LogP contribution in [0.3, 0.4) is 0 Å². The van der Waals surface area contributed by atoms with Crippen molar-refractivity contribution in [3.05, 3.63) is 0 Å². The molecule has 0 aliphatic heterocycles. The van der Waals surface area contributed by atoms with E-state index >= 15 is 0 Å². The number of ether oxygens (including phenoxy) is 4. The standard InChI is InChI=1S/C77H150O17P2/c1-6-9-12-15-18-21-23-24-29-33-37-41-46-51-56-61-75(80)88-67-73(94-77(82)63-58-53-48-43-38-34-31-28-26-25-27-30-32-36-40-44-49-54-59-70(4)5)69-92-96(85,86)90-65-71(78)64-89-95(83,84)91-68-72(66-87-74(79)60-55-50-45-39-20-17-14-11-8-3)93-76(81)62-57-52-47-42-35-22-19-16-13-10-7-2/h70-73,78H,6-69H2,1-5H3,(H,83,84)(H,85,86)/t71-,72+,73+/m0/s1. The van der Waals surface area contributed by atoms with Crippen LogP contribution in [0.15, 0.2) is 0 Å². The molecular formula is C77H150O17P2. The Bertz CT molecular complexity index is 1840. The molecule has 0 saturated heterocycles. The van der Waals surface area contributed by atoms with Crippen LogP contribution in [-0.2, 0) is 65.4 Å². The van der Waals surface area contributed by atoms with Crippen LogP contribution in [0.4, 0.5) is 0 Å². The highest BCUT2D eigenvalue weighted by Gasteiger charge is 2.30. The fourth-order valence-corrected chi connectivity index (χ4v) is 13.5. The molecule has 0 aliphatic rings. The van der Waals surface area contributed by atoms with Gasteiger partial charge in [0.2, 0.25) is 0 Å². The lowest BCUT2D eigenvalue weighted by molar-refractivity contribution is -0.161. The van der Waals surface area contributed by atoms with Crippen LogP contribution in [-0.4, -0.2) is 96.7 Å². The van der Waals surface area contributed by atoms with Crippen molar-refractivity contribution in [2.24, 2.45) is 5.92 Å². The third-order valence-electron chi connectivity index (χ3n) is 18.0. The highest BCUT2D eigenvalue weighted by atomic mass is 31.2. The fourth-order valence-electron chi connectivity index (χ4n) is 11.9. The number of aliphatic hydroxyl groups is 1. The van der Waals surface area contributed by atoms with E-state index in [2.05, 4.69) is 34.6 Å². The predicted molar refractivity (Wildman–Crippen MR) is 391 cm³/mol. The highest BCUT2D eigenvalue weighted by Crippen LogP contribution is 2.45. The molecule has 0 radical (unpaired) electrons. The molecule has 19 heteroatoms. The third kappa shape index (κ3) is 70.5. The summed E-state index contributed by atoms with van der Waals surface area (Å²) in [5.41, 5.74) is 0. The molecule has 0 aromatic rings. The van der Waals surface area contributed by atoms with Gasteiger partial charge in [-0.15, -0.1) is 0 Å². The van der Waals surface area contributed by atoms with Crippen LogP contribution in [0.2, 0.25) is 0 Å². The van der Waals surface area contributed by atoms with E-state index in [1.54, 1.807) is 0 Å². The van der Waals surface area contributed by atoms with Gasteiger partial charge in [-0.25, -0.2) is 9.13 Å². The number of phosphoric ester groups is 2. The van der Waals surface area contributed by atoms with Crippen molar-refractivity contribution in [1.82, 2.24) is 0 Å². The quantitative estimate of drug-likeness (QED) is 0.0222. The summed E-state index contributed by atoms with van der Waals surface area (Å²) in [6.07, 6.45) is 59.6. The van der Waals surface area contributed by atoms with Gasteiger partial charge < -0.3 is 33.8 Å². The smallest absolute Gasteiger partial charge is 0.462 e. The topological polar surface area (TPSA) is 237 Å². The Morgan fingerprint density at radius 2 is 0.479 bits per heavy atom. The molecular weight excluding hydrogens is 1260 g/mol. The van der Waals surface area contributed by atoms with Gasteiger partial charge in [0.15, 0.2) is 12.2 Å². The molecule has 0 spiro atoms. The van der Waals surface area contributed by atoms with E-state index in [4.69, 9.17) is 37.0 Å². The molecule has 0 aromatic carbocycles. The molecule has 0 aromatic heterocycles. The van der Waals surface area contributed by atoms with Crippen molar-refractivity contribution in [1.29, 1.82) is 0 Å². The largest absolute Gasteiger partial charge is 0.472 e. The predicted octanol–water partition coefficient (Wildman–Crippen LogP) is 22.9. The van der Waals surface area contributed by atoms with Gasteiger partial charge in [0.05, 0.1) is 26.4 Å². The zero-order valence-corrected chi connectivity index (χ0v) is 64.3. The Morgan fingerprint density at radius 3 is 0.708 bits per heavy atom. The van der Waals surface area contributed by atoms with Gasteiger partial charge in [-0.2, -0.15) is 0 Å². The van der Waals surface area contributed by atoms with E-state index in [1.165, 1.54) is 231 Å². The van der Waals surface area contributed by atoms with Crippen molar-refractivity contribution >= 4 is 39.5 Å². The first-order valence-corrected chi connectivity index (χ1v) is 43.1. The number of unbranched alkanes of at least 4 members (excludes halogenated alkanes) is 49. The molecule has 5 atom stereocenters. The molecule has 17 nitrogen and oxygen atoms in total. The van der Waals surface area contributed by atoms with E-state index in [-0.39, 0.29) is 25.7 Å². The number of carbonyl (C=O) groups is 4. The lowest BCUT2D eigenvalue weighted by atomic mass is 10.0. The molecule has 0 rings (SSSR count). The maximum Gasteiger partial charge on any atom is 0.472 e. The second kappa shape index (κ2) is 70.1. The maximum atomic E-state index is 13.1. The monoisotopic (exact) mass is 1410 g/mol. The summed E-state index contributed by atoms with van der Waals surface area (Å²) in [6, 6.07) is 0. The van der Waals surface area contributed by atoms with Crippen molar-refractivity contribution in [3.8, 4) is 0 Å². The highest BCUT2D eigenvalue weighted by molar-refractivity contribution is 7.47. The minimum atomic E-state index is -4.96. The average Bonchev–Trinajstić information content (AvgIpc) is 1.60.